The van der Waals surface area contributed by atoms with Gasteiger partial charge in [0, 0.05) is 28.7 Å². The van der Waals surface area contributed by atoms with Crippen molar-refractivity contribution in [3.05, 3.63) is 47.4 Å². The Kier molecular flexibility index (Phi) is 4.41. The van der Waals surface area contributed by atoms with Crippen molar-refractivity contribution in [3.63, 3.8) is 0 Å². The number of morpholine rings is 1. The molecule has 0 saturated carbocycles. The quantitative estimate of drug-likeness (QED) is 0.540. The molecule has 162 valence electrons. The number of nitrogens with zero attached hydrogens (tertiary/aromatic N) is 4. The van der Waals surface area contributed by atoms with Gasteiger partial charge in [0.2, 0.25) is 0 Å². The van der Waals surface area contributed by atoms with Crippen molar-refractivity contribution in [2.24, 2.45) is 5.73 Å². The van der Waals surface area contributed by atoms with Crippen molar-refractivity contribution in [2.45, 2.75) is 31.4 Å². The van der Waals surface area contributed by atoms with Crippen LogP contribution in [0, 0.1) is 6.92 Å². The molecular weight excluding hydrogens is 411 g/mol. The van der Waals surface area contributed by atoms with Gasteiger partial charge in [-0.05, 0) is 31.2 Å². The Morgan fingerprint density at radius 3 is 2.65 bits per heavy atom. The third-order valence-corrected chi connectivity index (χ3v) is 5.74. The molecule has 4 heterocycles. The van der Waals surface area contributed by atoms with Gasteiger partial charge in [-0.3, -0.25) is 0 Å². The summed E-state index contributed by atoms with van der Waals surface area (Å²) in [5, 5.41) is 12.9. The summed E-state index contributed by atoms with van der Waals surface area (Å²) in [4.78, 5) is 5.88. The van der Waals surface area contributed by atoms with E-state index in [4.69, 9.17) is 16.2 Å². The molecule has 0 aliphatic carbocycles. The van der Waals surface area contributed by atoms with Gasteiger partial charge in [0.15, 0.2) is 5.82 Å². The van der Waals surface area contributed by atoms with Crippen LogP contribution in [0.2, 0.25) is 0 Å². The summed E-state index contributed by atoms with van der Waals surface area (Å²) in [6.07, 6.45) is -5.41. The summed E-state index contributed by atoms with van der Waals surface area (Å²) in [5.41, 5.74) is 12.3. The SMILES string of the molecule is Cc1nnc(N[C@H](N)c2cc(N)cc(C(F)(F)F)n2)c2cc(N3CC4OC[C@@H]43)ccc12. The van der Waals surface area contributed by atoms with Gasteiger partial charge in [0.1, 0.15) is 11.9 Å². The number of anilines is 3. The number of hydrogen-bond donors (Lipinski definition) is 3. The minimum atomic E-state index is -4.63. The molecule has 1 unspecified atom stereocenters. The van der Waals surface area contributed by atoms with Gasteiger partial charge in [-0.2, -0.15) is 18.3 Å². The van der Waals surface area contributed by atoms with E-state index in [9.17, 15) is 13.2 Å². The zero-order chi connectivity index (χ0) is 21.9. The lowest BCUT2D eigenvalue weighted by Crippen LogP contribution is -2.70. The fourth-order valence-corrected chi connectivity index (χ4v) is 3.93. The first kappa shape index (κ1) is 19.8. The Hall–Kier alpha value is -3.18. The number of aromatic nitrogens is 3. The molecule has 31 heavy (non-hydrogen) atoms. The topological polar surface area (TPSA) is 115 Å². The molecule has 2 aromatic heterocycles. The van der Waals surface area contributed by atoms with Crippen LogP contribution in [-0.4, -0.2) is 40.5 Å². The number of halogens is 3. The van der Waals surface area contributed by atoms with E-state index in [-0.39, 0.29) is 17.5 Å². The van der Waals surface area contributed by atoms with Crippen molar-refractivity contribution < 1.29 is 17.9 Å². The molecule has 0 amide bonds. The molecule has 0 bridgehead atoms. The molecule has 3 atom stereocenters. The van der Waals surface area contributed by atoms with Crippen molar-refractivity contribution in [1.29, 1.82) is 0 Å². The molecule has 2 aliphatic heterocycles. The number of aryl methyl sites for hydroxylation is 1. The fourth-order valence-electron chi connectivity index (χ4n) is 3.93. The zero-order valence-electron chi connectivity index (χ0n) is 16.5. The number of hydrogen-bond acceptors (Lipinski definition) is 8. The highest BCUT2D eigenvalue weighted by Crippen LogP contribution is 2.37. The van der Waals surface area contributed by atoms with E-state index in [1.54, 1.807) is 0 Å². The molecule has 5 rings (SSSR count). The van der Waals surface area contributed by atoms with Crippen LogP contribution < -0.4 is 21.7 Å². The predicted molar refractivity (Wildman–Crippen MR) is 109 cm³/mol. The second kappa shape index (κ2) is 6.92. The van der Waals surface area contributed by atoms with Gasteiger partial charge in [0.05, 0.1) is 30.1 Å². The summed E-state index contributed by atoms with van der Waals surface area (Å²) in [6, 6.07) is 8.41. The Labute approximate surface area is 175 Å². The minimum Gasteiger partial charge on any atom is -0.399 e. The third-order valence-electron chi connectivity index (χ3n) is 5.74. The molecule has 0 radical (unpaired) electrons. The predicted octanol–water partition coefficient (Wildman–Crippen LogP) is 2.59. The van der Waals surface area contributed by atoms with E-state index in [2.05, 4.69) is 25.4 Å². The summed E-state index contributed by atoms with van der Waals surface area (Å²) in [7, 11) is 0. The maximum absolute atomic E-state index is 13.1. The molecule has 1 aromatic carbocycles. The molecule has 3 aromatic rings. The van der Waals surface area contributed by atoms with Crippen LogP contribution in [0.5, 0.6) is 0 Å². The average Bonchev–Trinajstić information content (AvgIpc) is 2.70. The summed E-state index contributed by atoms with van der Waals surface area (Å²) in [5.74, 6) is 0.356. The van der Waals surface area contributed by atoms with E-state index in [1.165, 1.54) is 6.07 Å². The van der Waals surface area contributed by atoms with Crippen LogP contribution >= 0.6 is 0 Å². The van der Waals surface area contributed by atoms with E-state index in [0.717, 1.165) is 34.8 Å². The Bertz CT molecular complexity index is 1170. The van der Waals surface area contributed by atoms with E-state index in [1.807, 2.05) is 25.1 Å². The van der Waals surface area contributed by atoms with Gasteiger partial charge < -0.3 is 26.4 Å². The van der Waals surface area contributed by atoms with Gasteiger partial charge in [-0.25, -0.2) is 4.98 Å². The molecule has 2 saturated heterocycles. The number of benzene rings is 1. The van der Waals surface area contributed by atoms with Gasteiger partial charge in [-0.15, -0.1) is 5.10 Å². The van der Waals surface area contributed by atoms with Crippen LogP contribution in [0.4, 0.5) is 30.4 Å². The lowest BCUT2D eigenvalue weighted by Gasteiger charge is -2.56. The van der Waals surface area contributed by atoms with E-state index < -0.39 is 18.0 Å². The maximum Gasteiger partial charge on any atom is 0.433 e. The van der Waals surface area contributed by atoms with Crippen molar-refractivity contribution in [3.8, 4) is 0 Å². The highest BCUT2D eigenvalue weighted by atomic mass is 19.4. The molecule has 8 nitrogen and oxygen atoms in total. The lowest BCUT2D eigenvalue weighted by molar-refractivity contribution is -0.141. The minimum absolute atomic E-state index is 0.0452. The number of fused-ring (bicyclic) bond motifs is 2. The van der Waals surface area contributed by atoms with Gasteiger partial charge in [-0.1, -0.05) is 6.07 Å². The number of nitrogens with one attached hydrogen (secondary N) is 1. The first-order valence-electron chi connectivity index (χ1n) is 9.73. The monoisotopic (exact) mass is 431 g/mol. The van der Waals surface area contributed by atoms with Crippen LogP contribution in [0.3, 0.4) is 0 Å². The highest BCUT2D eigenvalue weighted by Gasteiger charge is 2.47. The zero-order valence-corrected chi connectivity index (χ0v) is 16.5. The molecule has 2 fully saturated rings. The normalized spacial score (nSPS) is 21.3. The number of ether oxygens (including phenoxy) is 1. The first-order valence-corrected chi connectivity index (χ1v) is 9.73. The number of nitrogens with two attached hydrogens (primary N) is 2. The lowest BCUT2D eigenvalue weighted by atomic mass is 9.93. The Balaban J connectivity index is 1.48. The van der Waals surface area contributed by atoms with Gasteiger partial charge >= 0.3 is 6.18 Å². The number of pyridine rings is 1. The van der Waals surface area contributed by atoms with Crippen molar-refractivity contribution >= 4 is 28.0 Å². The standard InChI is InChI=1S/C20H20F3N7O/c1-9-12-3-2-11(30-7-16-15(30)8-31-16)6-13(12)19(29-28-9)27-18(25)14-4-10(24)5-17(26-14)20(21,22)23/h2-6,15-16,18H,7-8,25H2,1H3,(H2,24,26)(H,27,29)/t15-,16?,18-/m0/s1. The molecule has 5 N–H and O–H groups in total. The second-order valence-corrected chi connectivity index (χ2v) is 7.79. The summed E-state index contributed by atoms with van der Waals surface area (Å²) in [6.45, 7) is 3.37. The molecular formula is C20H20F3N7O. The maximum atomic E-state index is 13.1. The smallest absolute Gasteiger partial charge is 0.399 e. The largest absolute Gasteiger partial charge is 0.433 e. The Morgan fingerprint density at radius 1 is 1.19 bits per heavy atom. The van der Waals surface area contributed by atoms with Crippen LogP contribution in [0.15, 0.2) is 30.3 Å². The summed E-state index contributed by atoms with van der Waals surface area (Å²) < 4.78 is 44.8. The highest BCUT2D eigenvalue weighted by molar-refractivity contribution is 5.95. The second-order valence-electron chi connectivity index (χ2n) is 7.79. The van der Waals surface area contributed by atoms with Crippen molar-refractivity contribution in [1.82, 2.24) is 15.2 Å². The molecule has 2 aliphatic rings. The van der Waals surface area contributed by atoms with Crippen LogP contribution in [0.25, 0.3) is 10.8 Å². The van der Waals surface area contributed by atoms with Crippen LogP contribution in [0.1, 0.15) is 23.2 Å². The van der Waals surface area contributed by atoms with Crippen molar-refractivity contribution in [2.75, 3.05) is 29.1 Å². The Morgan fingerprint density at radius 2 is 2.00 bits per heavy atom. The van der Waals surface area contributed by atoms with Crippen LogP contribution in [-0.2, 0) is 10.9 Å². The number of alkyl halides is 3. The van der Waals surface area contributed by atoms with Gasteiger partial charge in [0.25, 0.3) is 0 Å². The van der Waals surface area contributed by atoms with E-state index >= 15 is 0 Å². The summed E-state index contributed by atoms with van der Waals surface area (Å²) >= 11 is 0. The number of nitrogen functional groups attached to an aromatic ring is 1. The third kappa shape index (κ3) is 3.39. The fraction of sp³-hybridized carbons (Fsp3) is 0.350. The molecule has 11 heteroatoms. The number of rotatable bonds is 4. The first-order chi connectivity index (χ1) is 14.7. The molecule has 0 spiro atoms. The average molecular weight is 431 g/mol. The van der Waals surface area contributed by atoms with E-state index in [0.29, 0.717) is 18.5 Å².